The third kappa shape index (κ3) is 8.81. The number of nitrogens with zero attached hydrogens (tertiary/aromatic N) is 1. The van der Waals surface area contributed by atoms with Gasteiger partial charge in [-0.05, 0) is 66.2 Å². The summed E-state index contributed by atoms with van der Waals surface area (Å²) in [4.78, 5) is 44.9. The lowest BCUT2D eigenvalue weighted by atomic mass is 10.1. The molecule has 0 unspecified atom stereocenters. The molecule has 8 nitrogen and oxygen atoms in total. The van der Waals surface area contributed by atoms with Crippen LogP contribution < -0.4 is 20.7 Å². The Hall–Kier alpha value is -5.71. The van der Waals surface area contributed by atoms with Gasteiger partial charge >= 0.3 is 0 Å². The van der Waals surface area contributed by atoms with E-state index in [2.05, 4.69) is 45.2 Å². The van der Waals surface area contributed by atoms with Crippen molar-refractivity contribution < 1.29 is 19.1 Å². The number of para-hydroxylation sites is 1. The summed E-state index contributed by atoms with van der Waals surface area (Å²) in [7, 11) is 0. The quantitative estimate of drug-likeness (QED) is 0.0881. The number of ether oxygens (including phenoxy) is 1. The molecule has 6 rings (SSSR count). The highest BCUT2D eigenvalue weighted by molar-refractivity contribution is 8.00. The molecule has 0 atom stereocenters. The first-order valence-electron chi connectivity index (χ1n) is 15.5. The van der Waals surface area contributed by atoms with Gasteiger partial charge in [-0.1, -0.05) is 78.9 Å². The van der Waals surface area contributed by atoms with Gasteiger partial charge in [0.15, 0.2) is 5.13 Å². The lowest BCUT2D eigenvalue weighted by Crippen LogP contribution is -2.30. The first-order chi connectivity index (χ1) is 23.9. The molecular weight excluding hydrogens is 653 g/mol. The molecule has 0 radical (unpaired) electrons. The summed E-state index contributed by atoms with van der Waals surface area (Å²) in [6, 6.07) is 37.5. The molecule has 0 fully saturated rings. The summed E-state index contributed by atoms with van der Waals surface area (Å²) in [6.07, 6.45) is 1.59. The number of carbonyl (C=O) groups excluding carboxylic acids is 3. The van der Waals surface area contributed by atoms with Crippen LogP contribution in [0.1, 0.15) is 22.8 Å². The van der Waals surface area contributed by atoms with Gasteiger partial charge in [0.1, 0.15) is 11.4 Å². The van der Waals surface area contributed by atoms with E-state index in [1.165, 1.54) is 23.1 Å². The Morgan fingerprint density at radius 3 is 2.43 bits per heavy atom. The van der Waals surface area contributed by atoms with Gasteiger partial charge in [-0.3, -0.25) is 14.4 Å². The Morgan fingerprint density at radius 2 is 1.59 bits per heavy atom. The Balaban J connectivity index is 1.10. The molecule has 49 heavy (non-hydrogen) atoms. The van der Waals surface area contributed by atoms with Crippen molar-refractivity contribution in [1.82, 2.24) is 10.3 Å². The zero-order valence-electron chi connectivity index (χ0n) is 26.5. The van der Waals surface area contributed by atoms with Crippen molar-refractivity contribution in [3.8, 4) is 17.0 Å². The number of benzene rings is 5. The van der Waals surface area contributed by atoms with E-state index < -0.39 is 11.8 Å². The van der Waals surface area contributed by atoms with Gasteiger partial charge in [-0.25, -0.2) is 4.98 Å². The minimum atomic E-state index is -0.513. The van der Waals surface area contributed by atoms with Gasteiger partial charge < -0.3 is 20.7 Å². The second kappa shape index (κ2) is 15.9. The summed E-state index contributed by atoms with van der Waals surface area (Å²) in [5.41, 5.74) is 3.40. The Kier molecular flexibility index (Phi) is 10.8. The van der Waals surface area contributed by atoms with E-state index in [0.29, 0.717) is 34.3 Å². The van der Waals surface area contributed by atoms with Crippen LogP contribution in [0.15, 0.2) is 137 Å². The largest absolute Gasteiger partial charge is 0.493 e. The number of aromatic nitrogens is 1. The fraction of sp³-hybridized carbons (Fsp3) is 0.0769. The van der Waals surface area contributed by atoms with Crippen molar-refractivity contribution in [3.05, 3.63) is 144 Å². The second-order valence-corrected chi connectivity index (χ2v) is 12.7. The molecular formula is C39H32N4O4S2. The standard InChI is InChI=1S/C39H32N4O4S2/c1-2-47-35-18-9-8-15-30(35)22-33(41-37(45)27-12-4-3-5-13-27)38(46)40-31-16-10-17-32(23-31)48-25-36(44)43-39-42-34(24-49-39)29-20-19-26-11-6-7-14-28(26)21-29/h3-24H,2,25H2,1H3,(H,40,46)(H,41,45)(H,42,43,44)/b33-22+. The highest BCUT2D eigenvalue weighted by Crippen LogP contribution is 2.29. The molecule has 3 amide bonds. The fourth-order valence-corrected chi connectivity index (χ4v) is 6.45. The summed E-state index contributed by atoms with van der Waals surface area (Å²) in [6.45, 7) is 2.32. The molecule has 0 aliphatic heterocycles. The number of thiazole rings is 1. The lowest BCUT2D eigenvalue weighted by molar-refractivity contribution is -0.114. The Bertz CT molecular complexity index is 2150. The van der Waals surface area contributed by atoms with E-state index in [4.69, 9.17) is 4.74 Å². The van der Waals surface area contributed by atoms with E-state index in [9.17, 15) is 14.4 Å². The van der Waals surface area contributed by atoms with Crippen molar-refractivity contribution in [2.24, 2.45) is 0 Å². The summed E-state index contributed by atoms with van der Waals surface area (Å²) < 4.78 is 5.73. The van der Waals surface area contributed by atoms with E-state index in [1.807, 2.05) is 60.8 Å². The highest BCUT2D eigenvalue weighted by Gasteiger charge is 2.17. The van der Waals surface area contributed by atoms with Crippen molar-refractivity contribution in [3.63, 3.8) is 0 Å². The number of hydrogen-bond acceptors (Lipinski definition) is 7. The number of hydrogen-bond donors (Lipinski definition) is 3. The number of anilines is 2. The van der Waals surface area contributed by atoms with Crippen molar-refractivity contribution >= 4 is 68.5 Å². The van der Waals surface area contributed by atoms with Crippen LogP contribution in [0.5, 0.6) is 5.75 Å². The molecule has 244 valence electrons. The van der Waals surface area contributed by atoms with Crippen molar-refractivity contribution in [2.75, 3.05) is 23.0 Å². The molecule has 0 saturated carbocycles. The number of fused-ring (bicyclic) bond motifs is 1. The van der Waals surface area contributed by atoms with Crippen LogP contribution in [0.2, 0.25) is 0 Å². The molecule has 6 aromatic rings. The van der Waals surface area contributed by atoms with Crippen molar-refractivity contribution in [2.45, 2.75) is 11.8 Å². The zero-order valence-corrected chi connectivity index (χ0v) is 28.1. The van der Waals surface area contributed by atoms with Gasteiger partial charge in [-0.15, -0.1) is 23.1 Å². The molecule has 5 aromatic carbocycles. The van der Waals surface area contributed by atoms with Crippen molar-refractivity contribution in [1.29, 1.82) is 0 Å². The van der Waals surface area contributed by atoms with Crippen LogP contribution in [0.4, 0.5) is 10.8 Å². The van der Waals surface area contributed by atoms with E-state index in [1.54, 1.807) is 54.6 Å². The molecule has 0 aliphatic rings. The van der Waals surface area contributed by atoms with E-state index >= 15 is 0 Å². The number of carbonyl (C=O) groups is 3. The molecule has 1 heterocycles. The molecule has 0 bridgehead atoms. The first-order valence-corrected chi connectivity index (χ1v) is 17.4. The fourth-order valence-electron chi connectivity index (χ4n) is 4.96. The third-order valence-corrected chi connectivity index (χ3v) is 9.06. The topological polar surface area (TPSA) is 109 Å². The maximum absolute atomic E-state index is 13.6. The van der Waals surface area contributed by atoms with Crippen LogP contribution >= 0.6 is 23.1 Å². The minimum absolute atomic E-state index is 0.0462. The van der Waals surface area contributed by atoms with Crippen LogP contribution in [-0.2, 0) is 9.59 Å². The SMILES string of the molecule is CCOc1ccccc1/C=C(/NC(=O)c1ccccc1)C(=O)Nc1cccc(SCC(=O)Nc2nc(-c3ccc4ccccc4c3)cs2)c1. The van der Waals surface area contributed by atoms with Gasteiger partial charge in [0.05, 0.1) is 18.1 Å². The van der Waals surface area contributed by atoms with Crippen LogP contribution in [0, 0.1) is 0 Å². The molecule has 3 N–H and O–H groups in total. The maximum Gasteiger partial charge on any atom is 0.272 e. The average Bonchev–Trinajstić information content (AvgIpc) is 3.60. The number of thioether (sulfide) groups is 1. The molecule has 0 saturated heterocycles. The van der Waals surface area contributed by atoms with Gasteiger partial charge in [0.25, 0.3) is 11.8 Å². The molecule has 0 aliphatic carbocycles. The van der Waals surface area contributed by atoms with Gasteiger partial charge in [-0.2, -0.15) is 0 Å². The summed E-state index contributed by atoms with van der Waals surface area (Å²) >= 11 is 2.71. The summed E-state index contributed by atoms with van der Waals surface area (Å²) in [5, 5.41) is 13.3. The Morgan fingerprint density at radius 1 is 0.816 bits per heavy atom. The molecule has 10 heteroatoms. The third-order valence-electron chi connectivity index (χ3n) is 7.31. The monoisotopic (exact) mass is 684 g/mol. The lowest BCUT2D eigenvalue weighted by Gasteiger charge is -2.13. The minimum Gasteiger partial charge on any atom is -0.493 e. The predicted octanol–water partition coefficient (Wildman–Crippen LogP) is 8.50. The zero-order chi connectivity index (χ0) is 34.0. The molecule has 1 aromatic heterocycles. The number of amides is 3. The first kappa shape index (κ1) is 33.2. The maximum atomic E-state index is 13.6. The number of nitrogens with one attached hydrogen (secondary N) is 3. The van der Waals surface area contributed by atoms with Crippen LogP contribution in [-0.4, -0.2) is 35.1 Å². The van der Waals surface area contributed by atoms with Gasteiger partial charge in [0.2, 0.25) is 5.91 Å². The smallest absolute Gasteiger partial charge is 0.272 e. The van der Waals surface area contributed by atoms with Crippen LogP contribution in [0.3, 0.4) is 0 Å². The predicted molar refractivity (Wildman–Crippen MR) is 199 cm³/mol. The normalized spacial score (nSPS) is 11.2. The Labute approximate surface area is 292 Å². The molecule has 0 spiro atoms. The van der Waals surface area contributed by atoms with E-state index in [0.717, 1.165) is 26.9 Å². The second-order valence-electron chi connectivity index (χ2n) is 10.8. The van der Waals surface area contributed by atoms with Crippen LogP contribution in [0.25, 0.3) is 28.1 Å². The highest BCUT2D eigenvalue weighted by atomic mass is 32.2. The summed E-state index contributed by atoms with van der Waals surface area (Å²) in [5.74, 6) is -0.393. The average molecular weight is 685 g/mol. The number of rotatable bonds is 12. The van der Waals surface area contributed by atoms with Gasteiger partial charge in [0, 0.05) is 32.7 Å². The van der Waals surface area contributed by atoms with E-state index in [-0.39, 0.29) is 17.4 Å².